The number of fused-ring (bicyclic) bond motifs is 1. The number of imidazole rings is 1. The van der Waals surface area contributed by atoms with Gasteiger partial charge in [-0.25, -0.2) is 15.0 Å². The van der Waals surface area contributed by atoms with Gasteiger partial charge in [0.1, 0.15) is 30.5 Å². The van der Waals surface area contributed by atoms with E-state index in [0.717, 1.165) is 6.92 Å². The minimum absolute atomic E-state index is 0.147. The first-order chi connectivity index (χ1) is 15.2. The van der Waals surface area contributed by atoms with Crippen LogP contribution in [0, 0.1) is 0 Å². The van der Waals surface area contributed by atoms with Crippen molar-refractivity contribution in [1.82, 2.24) is 19.5 Å². The molecule has 1 unspecified atom stereocenters. The van der Waals surface area contributed by atoms with Crippen molar-refractivity contribution >= 4 is 28.5 Å². The molecule has 0 saturated carbocycles. The Kier molecular flexibility index (Phi) is 5.63. The fraction of sp³-hybridized carbons (Fsp3) is 0.381. The van der Waals surface area contributed by atoms with Gasteiger partial charge >= 0.3 is 0 Å². The molecule has 2 aromatic heterocycles. The van der Waals surface area contributed by atoms with E-state index in [-0.39, 0.29) is 12.2 Å². The minimum Gasteiger partial charge on any atom is -0.508 e. The molecule has 0 spiro atoms. The van der Waals surface area contributed by atoms with Gasteiger partial charge in [-0.15, -0.1) is 0 Å². The first kappa shape index (κ1) is 21.8. The van der Waals surface area contributed by atoms with Crippen LogP contribution in [0.2, 0.25) is 0 Å². The molecule has 0 amide bonds. The smallest absolute Gasteiger partial charge is 0.167 e. The number of carbonyl (C=O) groups is 2. The maximum Gasteiger partial charge on any atom is 0.167 e. The second kappa shape index (κ2) is 8.26. The van der Waals surface area contributed by atoms with E-state index in [9.17, 15) is 24.9 Å². The molecule has 3 heterocycles. The van der Waals surface area contributed by atoms with Crippen molar-refractivity contribution in [2.45, 2.75) is 50.8 Å². The van der Waals surface area contributed by atoms with Crippen molar-refractivity contribution in [3.63, 3.8) is 0 Å². The molecule has 4 rings (SSSR count). The molecule has 4 atom stereocenters. The first-order valence-electron chi connectivity index (χ1n) is 9.98. The molecule has 1 aliphatic heterocycles. The quantitative estimate of drug-likeness (QED) is 0.411. The molecule has 1 aromatic carbocycles. The van der Waals surface area contributed by atoms with Crippen LogP contribution in [-0.2, 0) is 20.9 Å². The Hall–Kier alpha value is -3.41. The molecule has 4 N–H and O–H groups in total. The van der Waals surface area contributed by atoms with Crippen LogP contribution in [0.25, 0.3) is 11.2 Å². The molecule has 1 saturated heterocycles. The summed E-state index contributed by atoms with van der Waals surface area (Å²) in [5.74, 6) is -0.677. The van der Waals surface area contributed by atoms with Crippen LogP contribution in [0.1, 0.15) is 32.1 Å². The topological polar surface area (TPSA) is 160 Å². The van der Waals surface area contributed by atoms with Crippen LogP contribution in [0.5, 0.6) is 5.75 Å². The minimum atomic E-state index is -2.04. The Morgan fingerprint density at radius 2 is 2.03 bits per heavy atom. The van der Waals surface area contributed by atoms with Crippen LogP contribution >= 0.6 is 0 Å². The van der Waals surface area contributed by atoms with Crippen molar-refractivity contribution in [2.75, 3.05) is 5.32 Å². The van der Waals surface area contributed by atoms with Crippen molar-refractivity contribution < 1.29 is 29.6 Å². The fourth-order valence-corrected chi connectivity index (χ4v) is 3.80. The molecule has 1 fully saturated rings. The SMILES string of the molecule is CC(=O)C(O)[C@H]1O[C@@H](n2cnc3c(NCc4ccccc4O)ncnc32)C[C@@]1(O)C(C)=O. The van der Waals surface area contributed by atoms with Crippen molar-refractivity contribution in [3.05, 3.63) is 42.5 Å². The molecule has 0 bridgehead atoms. The van der Waals surface area contributed by atoms with Gasteiger partial charge in [-0.2, -0.15) is 0 Å². The van der Waals surface area contributed by atoms with E-state index < -0.39 is 35.6 Å². The summed E-state index contributed by atoms with van der Waals surface area (Å²) in [5.41, 5.74) is -0.585. The summed E-state index contributed by atoms with van der Waals surface area (Å²) in [7, 11) is 0. The van der Waals surface area contributed by atoms with E-state index in [0.29, 0.717) is 29.1 Å². The second-order valence-corrected chi connectivity index (χ2v) is 7.78. The number of aromatic hydroxyl groups is 1. The zero-order chi connectivity index (χ0) is 23.0. The number of phenolic OH excluding ortho intramolecular Hbond substituents is 1. The summed E-state index contributed by atoms with van der Waals surface area (Å²) in [6.07, 6.45) is -1.41. The van der Waals surface area contributed by atoms with Gasteiger partial charge in [0.15, 0.2) is 34.1 Å². The summed E-state index contributed by atoms with van der Waals surface area (Å²) < 4.78 is 7.28. The van der Waals surface area contributed by atoms with Gasteiger partial charge in [-0.1, -0.05) is 18.2 Å². The number of para-hydroxylation sites is 1. The number of aliphatic hydroxyl groups excluding tert-OH is 1. The summed E-state index contributed by atoms with van der Waals surface area (Å²) in [4.78, 5) is 36.6. The first-order valence-corrected chi connectivity index (χ1v) is 9.98. The van der Waals surface area contributed by atoms with Crippen LogP contribution in [0.3, 0.4) is 0 Å². The summed E-state index contributed by atoms with van der Waals surface area (Å²) >= 11 is 0. The van der Waals surface area contributed by atoms with Crippen molar-refractivity contribution in [2.24, 2.45) is 0 Å². The highest BCUT2D eigenvalue weighted by molar-refractivity contribution is 5.89. The zero-order valence-corrected chi connectivity index (χ0v) is 17.5. The number of rotatable bonds is 7. The number of nitrogens with zero attached hydrogens (tertiary/aromatic N) is 4. The molecular formula is C21H23N5O6. The molecule has 3 aromatic rings. The lowest BCUT2D eigenvalue weighted by Gasteiger charge is -2.27. The van der Waals surface area contributed by atoms with Gasteiger partial charge in [0, 0.05) is 18.5 Å². The Labute approximate surface area is 182 Å². The monoisotopic (exact) mass is 441 g/mol. The molecule has 168 valence electrons. The highest BCUT2D eigenvalue weighted by atomic mass is 16.6. The maximum atomic E-state index is 12.2. The molecule has 1 aliphatic rings. The fourth-order valence-electron chi connectivity index (χ4n) is 3.80. The number of aromatic nitrogens is 4. The number of ketones is 2. The van der Waals surface area contributed by atoms with Crippen LogP contribution < -0.4 is 5.32 Å². The van der Waals surface area contributed by atoms with Gasteiger partial charge in [-0.05, 0) is 19.9 Å². The van der Waals surface area contributed by atoms with E-state index in [4.69, 9.17) is 4.74 Å². The number of ether oxygens (including phenoxy) is 1. The number of hydrogen-bond donors (Lipinski definition) is 4. The number of phenols is 1. The van der Waals surface area contributed by atoms with Gasteiger partial charge in [0.05, 0.1) is 6.33 Å². The molecule has 0 radical (unpaired) electrons. The van der Waals surface area contributed by atoms with Crippen LogP contribution in [-0.4, -0.2) is 64.2 Å². The molecule has 11 nitrogen and oxygen atoms in total. The normalized spacial score (nSPS) is 23.9. The Morgan fingerprint density at radius 3 is 2.72 bits per heavy atom. The van der Waals surface area contributed by atoms with Crippen molar-refractivity contribution in [1.29, 1.82) is 0 Å². The van der Waals surface area contributed by atoms with Crippen LogP contribution in [0.15, 0.2) is 36.9 Å². The molecule has 11 heteroatoms. The van der Waals surface area contributed by atoms with Gasteiger partial charge in [0.25, 0.3) is 0 Å². The average Bonchev–Trinajstić information content (AvgIpc) is 3.34. The van der Waals surface area contributed by atoms with E-state index in [2.05, 4.69) is 20.3 Å². The highest BCUT2D eigenvalue weighted by Crippen LogP contribution is 2.40. The molecular weight excluding hydrogens is 418 g/mol. The van der Waals surface area contributed by atoms with E-state index in [1.165, 1.54) is 24.1 Å². The lowest BCUT2D eigenvalue weighted by Crippen LogP contribution is -2.52. The predicted molar refractivity (Wildman–Crippen MR) is 112 cm³/mol. The second-order valence-electron chi connectivity index (χ2n) is 7.78. The average molecular weight is 441 g/mol. The Bertz CT molecular complexity index is 1180. The summed E-state index contributed by atoms with van der Waals surface area (Å²) in [5, 5.41) is 34.2. The third-order valence-electron chi connectivity index (χ3n) is 5.68. The number of anilines is 1. The summed E-state index contributed by atoms with van der Waals surface area (Å²) in [6, 6.07) is 6.89. The van der Waals surface area contributed by atoms with E-state index >= 15 is 0 Å². The Morgan fingerprint density at radius 1 is 1.28 bits per heavy atom. The lowest BCUT2D eigenvalue weighted by molar-refractivity contribution is -0.158. The third kappa shape index (κ3) is 3.70. The Balaban J connectivity index is 1.63. The zero-order valence-electron chi connectivity index (χ0n) is 17.5. The number of Topliss-reactive ketones (excluding diaryl/α,β-unsaturated/α-hetero) is 2. The number of carbonyl (C=O) groups excluding carboxylic acids is 2. The highest BCUT2D eigenvalue weighted by Gasteiger charge is 2.55. The maximum absolute atomic E-state index is 12.2. The van der Waals surface area contributed by atoms with E-state index in [1.807, 2.05) is 0 Å². The number of hydrogen-bond acceptors (Lipinski definition) is 10. The number of aliphatic hydroxyl groups is 2. The lowest BCUT2D eigenvalue weighted by atomic mass is 9.86. The van der Waals surface area contributed by atoms with Crippen molar-refractivity contribution in [3.8, 4) is 5.75 Å². The van der Waals surface area contributed by atoms with Crippen LogP contribution in [0.4, 0.5) is 5.82 Å². The predicted octanol–water partition coefficient (Wildman–Crippen LogP) is 0.701. The molecule has 32 heavy (non-hydrogen) atoms. The number of benzene rings is 1. The number of nitrogens with one attached hydrogen (secondary N) is 1. The van der Waals surface area contributed by atoms with E-state index in [1.54, 1.807) is 24.3 Å². The summed E-state index contributed by atoms with van der Waals surface area (Å²) in [6.45, 7) is 2.63. The van der Waals surface area contributed by atoms with Gasteiger partial charge < -0.3 is 25.4 Å². The molecule has 0 aliphatic carbocycles. The van der Waals surface area contributed by atoms with Gasteiger partial charge in [-0.3, -0.25) is 14.2 Å². The standard InChI is InChI=1S/C21H23N5O6/c1-11(27)17(30)18-21(31,12(2)28)7-15(32-18)26-10-25-16-19(23-9-24-20(16)26)22-8-13-5-3-4-6-14(13)29/h3-6,9-10,15,17-18,29-31H,7-8H2,1-2H3,(H,22,23,24)/t15-,17?,18-,21-/m1/s1. The largest absolute Gasteiger partial charge is 0.508 e. The van der Waals surface area contributed by atoms with Gasteiger partial charge in [0.2, 0.25) is 0 Å². The third-order valence-corrected chi connectivity index (χ3v) is 5.68.